The maximum atomic E-state index is 10.9. The van der Waals surface area contributed by atoms with Crippen molar-refractivity contribution in [2.75, 3.05) is 13.2 Å². The van der Waals surface area contributed by atoms with Gasteiger partial charge < -0.3 is 10.5 Å². The molecule has 0 spiro atoms. The molecule has 0 saturated carbocycles. The number of carbonyl (C=O) groups excluding carboxylic acids is 1. The Hall–Kier alpha value is -0.610. The molecule has 0 atom stereocenters. The molecule has 0 aliphatic carbocycles. The monoisotopic (exact) mass is 158 g/mol. The smallest absolute Gasteiger partial charge is 0.242 e. The Bertz CT molecular complexity index is 164. The molecular weight excluding hydrogens is 144 g/mol. The van der Waals surface area contributed by atoms with Crippen molar-refractivity contribution >= 4 is 5.91 Å². The molecule has 0 aromatic carbocycles. The van der Waals surface area contributed by atoms with Gasteiger partial charge in [0.1, 0.15) is 5.54 Å². The molecule has 0 bridgehead atoms. The SMILES string of the molecule is CC(C)NC1(C(N)=O)COC1. The first kappa shape index (κ1) is 8.49. The van der Waals surface area contributed by atoms with E-state index in [9.17, 15) is 4.79 Å². The second kappa shape index (κ2) is 2.79. The van der Waals surface area contributed by atoms with E-state index in [0.717, 1.165) is 0 Å². The van der Waals surface area contributed by atoms with E-state index in [0.29, 0.717) is 13.2 Å². The van der Waals surface area contributed by atoms with E-state index in [2.05, 4.69) is 5.32 Å². The quantitative estimate of drug-likeness (QED) is 0.567. The normalized spacial score (nSPS) is 21.4. The van der Waals surface area contributed by atoms with Crippen LogP contribution in [0.4, 0.5) is 0 Å². The van der Waals surface area contributed by atoms with Crippen LogP contribution in [0.15, 0.2) is 0 Å². The van der Waals surface area contributed by atoms with Gasteiger partial charge in [-0.15, -0.1) is 0 Å². The molecule has 1 rings (SSSR count). The van der Waals surface area contributed by atoms with Crippen LogP contribution in [0.3, 0.4) is 0 Å². The Morgan fingerprint density at radius 1 is 1.64 bits per heavy atom. The molecule has 1 heterocycles. The van der Waals surface area contributed by atoms with Crippen molar-refractivity contribution in [3.8, 4) is 0 Å². The second-order valence-corrected chi connectivity index (χ2v) is 3.24. The number of nitrogens with one attached hydrogen (secondary N) is 1. The van der Waals surface area contributed by atoms with Gasteiger partial charge in [0.25, 0.3) is 0 Å². The van der Waals surface area contributed by atoms with E-state index < -0.39 is 5.54 Å². The molecule has 11 heavy (non-hydrogen) atoms. The highest BCUT2D eigenvalue weighted by atomic mass is 16.5. The van der Waals surface area contributed by atoms with Crippen molar-refractivity contribution in [1.82, 2.24) is 5.32 Å². The minimum absolute atomic E-state index is 0.256. The molecule has 1 saturated heterocycles. The largest absolute Gasteiger partial charge is 0.376 e. The van der Waals surface area contributed by atoms with E-state index in [-0.39, 0.29) is 11.9 Å². The van der Waals surface area contributed by atoms with Crippen LogP contribution in [-0.2, 0) is 9.53 Å². The van der Waals surface area contributed by atoms with Gasteiger partial charge in [-0.2, -0.15) is 0 Å². The summed E-state index contributed by atoms with van der Waals surface area (Å²) in [5, 5.41) is 3.09. The molecule has 0 unspecified atom stereocenters. The van der Waals surface area contributed by atoms with Crippen molar-refractivity contribution in [1.29, 1.82) is 0 Å². The van der Waals surface area contributed by atoms with Gasteiger partial charge in [0.2, 0.25) is 5.91 Å². The van der Waals surface area contributed by atoms with Crippen molar-refractivity contribution in [3.63, 3.8) is 0 Å². The van der Waals surface area contributed by atoms with Crippen LogP contribution in [0.1, 0.15) is 13.8 Å². The number of primary amides is 1. The summed E-state index contributed by atoms with van der Waals surface area (Å²) in [4.78, 5) is 10.9. The van der Waals surface area contributed by atoms with Gasteiger partial charge in [-0.25, -0.2) is 0 Å². The molecule has 0 aromatic rings. The summed E-state index contributed by atoms with van der Waals surface area (Å²) >= 11 is 0. The van der Waals surface area contributed by atoms with Crippen LogP contribution < -0.4 is 11.1 Å². The van der Waals surface area contributed by atoms with Crippen LogP contribution in [0.25, 0.3) is 0 Å². The van der Waals surface area contributed by atoms with E-state index >= 15 is 0 Å². The first-order chi connectivity index (χ1) is 5.07. The molecule has 0 aromatic heterocycles. The zero-order valence-corrected chi connectivity index (χ0v) is 6.89. The fraction of sp³-hybridized carbons (Fsp3) is 0.857. The minimum atomic E-state index is -0.589. The highest BCUT2D eigenvalue weighted by molar-refractivity contribution is 5.86. The summed E-state index contributed by atoms with van der Waals surface area (Å²) in [6.07, 6.45) is 0. The maximum absolute atomic E-state index is 10.9. The highest BCUT2D eigenvalue weighted by Crippen LogP contribution is 2.16. The van der Waals surface area contributed by atoms with Gasteiger partial charge in [0.15, 0.2) is 0 Å². The molecule has 4 nitrogen and oxygen atoms in total. The summed E-state index contributed by atoms with van der Waals surface area (Å²) in [5.41, 5.74) is 4.61. The third kappa shape index (κ3) is 1.52. The summed E-state index contributed by atoms with van der Waals surface area (Å²) < 4.78 is 4.94. The van der Waals surface area contributed by atoms with Gasteiger partial charge in [-0.1, -0.05) is 0 Å². The number of rotatable bonds is 3. The lowest BCUT2D eigenvalue weighted by atomic mass is 9.96. The number of carbonyl (C=O) groups is 1. The summed E-state index contributed by atoms with van der Waals surface area (Å²) in [6.45, 7) is 4.76. The zero-order valence-electron chi connectivity index (χ0n) is 6.89. The lowest BCUT2D eigenvalue weighted by Crippen LogP contribution is -2.69. The van der Waals surface area contributed by atoms with Crippen LogP contribution >= 0.6 is 0 Å². The predicted octanol–water partition coefficient (Wildman–Crippen LogP) is -0.761. The predicted molar refractivity (Wildman–Crippen MR) is 41.0 cm³/mol. The summed E-state index contributed by atoms with van der Waals surface area (Å²) in [6, 6.07) is 0.256. The number of hydrogen-bond acceptors (Lipinski definition) is 3. The molecule has 0 radical (unpaired) electrons. The molecule has 64 valence electrons. The Kier molecular flexibility index (Phi) is 2.15. The molecule has 1 amide bonds. The first-order valence-electron chi connectivity index (χ1n) is 3.72. The highest BCUT2D eigenvalue weighted by Gasteiger charge is 2.44. The molecule has 1 fully saturated rings. The van der Waals surface area contributed by atoms with Gasteiger partial charge in [-0.3, -0.25) is 10.1 Å². The molecular formula is C7H14N2O2. The van der Waals surface area contributed by atoms with Gasteiger partial charge in [-0.05, 0) is 13.8 Å². The number of ether oxygens (including phenoxy) is 1. The Labute approximate surface area is 66.1 Å². The molecule has 1 aliphatic rings. The summed E-state index contributed by atoms with van der Waals surface area (Å²) in [5.74, 6) is -0.322. The van der Waals surface area contributed by atoms with Crippen molar-refractivity contribution in [2.24, 2.45) is 5.73 Å². The minimum Gasteiger partial charge on any atom is -0.376 e. The van der Waals surface area contributed by atoms with Crippen LogP contribution in [0, 0.1) is 0 Å². The Balaban J connectivity index is 2.54. The number of amides is 1. The Morgan fingerprint density at radius 3 is 2.27 bits per heavy atom. The van der Waals surface area contributed by atoms with Crippen LogP contribution in [-0.4, -0.2) is 30.7 Å². The lowest BCUT2D eigenvalue weighted by Gasteiger charge is -2.40. The molecule has 4 heteroatoms. The summed E-state index contributed by atoms with van der Waals surface area (Å²) in [7, 11) is 0. The zero-order chi connectivity index (χ0) is 8.48. The molecule has 1 aliphatic heterocycles. The number of hydrogen-bond donors (Lipinski definition) is 2. The van der Waals surface area contributed by atoms with Crippen molar-refractivity contribution in [3.05, 3.63) is 0 Å². The second-order valence-electron chi connectivity index (χ2n) is 3.24. The molecule has 3 N–H and O–H groups in total. The van der Waals surface area contributed by atoms with E-state index in [4.69, 9.17) is 10.5 Å². The van der Waals surface area contributed by atoms with Gasteiger partial charge >= 0.3 is 0 Å². The topological polar surface area (TPSA) is 64.3 Å². The van der Waals surface area contributed by atoms with E-state index in [1.807, 2.05) is 13.8 Å². The van der Waals surface area contributed by atoms with Crippen molar-refractivity contribution < 1.29 is 9.53 Å². The van der Waals surface area contributed by atoms with Crippen LogP contribution in [0.2, 0.25) is 0 Å². The standard InChI is InChI=1S/C7H14N2O2/c1-5(2)9-7(6(8)10)3-11-4-7/h5,9H,3-4H2,1-2H3,(H2,8,10). The average molecular weight is 158 g/mol. The fourth-order valence-corrected chi connectivity index (χ4v) is 1.16. The third-order valence-electron chi connectivity index (χ3n) is 1.73. The van der Waals surface area contributed by atoms with Gasteiger partial charge in [0, 0.05) is 6.04 Å². The van der Waals surface area contributed by atoms with E-state index in [1.54, 1.807) is 0 Å². The van der Waals surface area contributed by atoms with Gasteiger partial charge in [0.05, 0.1) is 13.2 Å². The first-order valence-corrected chi connectivity index (χ1v) is 3.72. The van der Waals surface area contributed by atoms with Crippen molar-refractivity contribution in [2.45, 2.75) is 25.4 Å². The van der Waals surface area contributed by atoms with E-state index in [1.165, 1.54) is 0 Å². The number of nitrogens with two attached hydrogens (primary N) is 1. The Morgan fingerprint density at radius 2 is 2.18 bits per heavy atom. The third-order valence-corrected chi connectivity index (χ3v) is 1.73. The fourth-order valence-electron chi connectivity index (χ4n) is 1.16. The maximum Gasteiger partial charge on any atom is 0.242 e. The lowest BCUT2D eigenvalue weighted by molar-refractivity contribution is -0.145. The van der Waals surface area contributed by atoms with Crippen LogP contribution in [0.5, 0.6) is 0 Å². The average Bonchev–Trinajstić information content (AvgIpc) is 1.77.